The van der Waals surface area contributed by atoms with Crippen molar-refractivity contribution in [3.05, 3.63) is 50.6 Å². The SMILES string of the molecule is COCC(=O)N1CCC(NC(=O)c2cc3cc(Cl)ccc3[nH]2)C(NC(=O)c2nc3c(s2)CN(C)CC3)C1. The number of carbonyl (C=O) groups is 3. The fourth-order valence-electron chi connectivity index (χ4n) is 4.83. The van der Waals surface area contributed by atoms with Gasteiger partial charge in [0.15, 0.2) is 5.01 Å². The number of carbonyl (C=O) groups excluding carboxylic acids is 3. The number of halogens is 1. The minimum Gasteiger partial charge on any atom is -0.375 e. The highest BCUT2D eigenvalue weighted by atomic mass is 35.5. The molecule has 1 fully saturated rings. The quantitative estimate of drug-likeness (QED) is 0.437. The second-order valence-corrected chi connectivity index (χ2v) is 11.0. The predicted octanol–water partition coefficient (Wildman–Crippen LogP) is 2.04. The van der Waals surface area contributed by atoms with E-state index in [0.717, 1.165) is 41.0 Å². The molecule has 3 amide bonds. The van der Waals surface area contributed by atoms with Gasteiger partial charge in [-0.25, -0.2) is 4.98 Å². The van der Waals surface area contributed by atoms with Crippen molar-refractivity contribution in [2.75, 3.05) is 40.4 Å². The number of likely N-dealkylation sites (N-methyl/N-ethyl adjacent to an activating group) is 1. The van der Waals surface area contributed by atoms with Crippen LogP contribution in [0.3, 0.4) is 0 Å². The normalized spacial score (nSPS) is 20.0. The topological polar surface area (TPSA) is 120 Å². The maximum Gasteiger partial charge on any atom is 0.280 e. The molecule has 10 nitrogen and oxygen atoms in total. The zero-order chi connectivity index (χ0) is 26.1. The van der Waals surface area contributed by atoms with E-state index < -0.39 is 6.04 Å². The minimum atomic E-state index is -0.492. The van der Waals surface area contributed by atoms with E-state index in [1.807, 2.05) is 13.1 Å². The number of aromatic nitrogens is 2. The van der Waals surface area contributed by atoms with Crippen molar-refractivity contribution in [3.63, 3.8) is 0 Å². The third-order valence-corrected chi connectivity index (χ3v) is 8.13. The van der Waals surface area contributed by atoms with Crippen molar-refractivity contribution in [1.29, 1.82) is 0 Å². The molecule has 5 rings (SSSR count). The lowest BCUT2D eigenvalue weighted by atomic mass is 9.98. The molecule has 2 unspecified atom stereocenters. The van der Waals surface area contributed by atoms with Gasteiger partial charge in [0.05, 0.1) is 17.8 Å². The summed E-state index contributed by atoms with van der Waals surface area (Å²) < 4.78 is 5.01. The second-order valence-electron chi connectivity index (χ2n) is 9.51. The van der Waals surface area contributed by atoms with E-state index in [2.05, 4.69) is 25.5 Å². The van der Waals surface area contributed by atoms with Crippen LogP contribution in [0.4, 0.5) is 0 Å². The third kappa shape index (κ3) is 5.64. The zero-order valence-corrected chi connectivity index (χ0v) is 22.2. The first kappa shape index (κ1) is 25.7. The van der Waals surface area contributed by atoms with Crippen LogP contribution < -0.4 is 10.6 Å². The number of likely N-dealkylation sites (tertiary alicyclic amines) is 1. The van der Waals surface area contributed by atoms with E-state index >= 15 is 0 Å². The molecule has 0 saturated carbocycles. The van der Waals surface area contributed by atoms with Gasteiger partial charge in [-0.05, 0) is 37.7 Å². The zero-order valence-electron chi connectivity index (χ0n) is 20.7. The molecule has 1 saturated heterocycles. The number of H-pyrrole nitrogens is 1. The van der Waals surface area contributed by atoms with Crippen LogP contribution in [0, 0.1) is 0 Å². The molecule has 2 aliphatic heterocycles. The van der Waals surface area contributed by atoms with Crippen LogP contribution in [0.1, 0.15) is 37.3 Å². The maximum absolute atomic E-state index is 13.2. The second kappa shape index (κ2) is 10.8. The number of piperidine rings is 1. The van der Waals surface area contributed by atoms with Gasteiger partial charge in [0.2, 0.25) is 5.91 Å². The summed E-state index contributed by atoms with van der Waals surface area (Å²) in [5.41, 5.74) is 2.17. The maximum atomic E-state index is 13.2. The van der Waals surface area contributed by atoms with Gasteiger partial charge < -0.3 is 30.2 Å². The standard InChI is InChI=1S/C25H29ClN6O4S/c1-31-7-5-18-21(12-31)37-25(30-18)24(35)29-20-11-32(22(33)13-36-2)8-6-17(20)28-23(34)19-10-14-9-15(26)3-4-16(14)27-19/h3-4,9-10,17,20,27H,5-8,11-13H2,1-2H3,(H,28,34)(H,29,35). The Hall–Kier alpha value is -2.99. The molecule has 1 aromatic carbocycles. The number of methoxy groups -OCH3 is 1. The summed E-state index contributed by atoms with van der Waals surface area (Å²) in [7, 11) is 3.52. The van der Waals surface area contributed by atoms with Crippen molar-refractivity contribution in [2.45, 2.75) is 31.5 Å². The van der Waals surface area contributed by atoms with Gasteiger partial charge in [0.25, 0.3) is 11.8 Å². The van der Waals surface area contributed by atoms with Crippen molar-refractivity contribution in [1.82, 2.24) is 30.4 Å². The molecule has 37 heavy (non-hydrogen) atoms. The molecule has 3 N–H and O–H groups in total. The van der Waals surface area contributed by atoms with Gasteiger partial charge in [0, 0.05) is 60.5 Å². The number of amides is 3. The van der Waals surface area contributed by atoms with Crippen LogP contribution in [-0.2, 0) is 22.5 Å². The van der Waals surface area contributed by atoms with Gasteiger partial charge in [-0.3, -0.25) is 14.4 Å². The van der Waals surface area contributed by atoms with Crippen molar-refractivity contribution in [2.24, 2.45) is 0 Å². The van der Waals surface area contributed by atoms with Gasteiger partial charge >= 0.3 is 0 Å². The van der Waals surface area contributed by atoms with Crippen LogP contribution in [0.15, 0.2) is 24.3 Å². The fraction of sp³-hybridized carbons (Fsp3) is 0.440. The van der Waals surface area contributed by atoms with E-state index in [0.29, 0.717) is 28.7 Å². The molecule has 12 heteroatoms. The number of aromatic amines is 1. The molecular weight excluding hydrogens is 516 g/mol. The first-order valence-electron chi connectivity index (χ1n) is 12.1. The molecule has 196 valence electrons. The van der Waals surface area contributed by atoms with Crippen molar-refractivity contribution in [3.8, 4) is 0 Å². The number of nitrogens with zero attached hydrogens (tertiary/aromatic N) is 3. The van der Waals surface area contributed by atoms with Gasteiger partial charge in [-0.15, -0.1) is 11.3 Å². The summed E-state index contributed by atoms with van der Waals surface area (Å²) in [5, 5.41) is 7.92. The summed E-state index contributed by atoms with van der Waals surface area (Å²) in [6.45, 7) is 2.35. The number of fused-ring (bicyclic) bond motifs is 2. The average molecular weight is 545 g/mol. The molecule has 4 heterocycles. The lowest BCUT2D eigenvalue weighted by Gasteiger charge is -2.39. The Morgan fingerprint density at radius 1 is 1.19 bits per heavy atom. The number of benzene rings is 1. The lowest BCUT2D eigenvalue weighted by molar-refractivity contribution is -0.136. The first-order valence-corrected chi connectivity index (χ1v) is 13.3. The number of hydrogen-bond donors (Lipinski definition) is 3. The number of rotatable bonds is 6. The van der Waals surface area contributed by atoms with Gasteiger partial charge in [-0.2, -0.15) is 0 Å². The number of nitrogens with one attached hydrogen (secondary N) is 3. The lowest BCUT2D eigenvalue weighted by Crippen LogP contribution is -2.61. The third-order valence-electron chi connectivity index (χ3n) is 6.81. The Kier molecular flexibility index (Phi) is 7.47. The van der Waals surface area contributed by atoms with E-state index in [4.69, 9.17) is 16.3 Å². The summed E-state index contributed by atoms with van der Waals surface area (Å²) in [4.78, 5) is 51.5. The fourth-order valence-corrected chi connectivity index (χ4v) is 6.11. The molecule has 2 atom stereocenters. The van der Waals surface area contributed by atoms with Crippen LogP contribution in [-0.4, -0.2) is 90.0 Å². The Morgan fingerprint density at radius 2 is 2.00 bits per heavy atom. The molecule has 0 radical (unpaired) electrons. The summed E-state index contributed by atoms with van der Waals surface area (Å²) in [5.74, 6) is -0.750. The molecule has 0 bridgehead atoms. The number of hydrogen-bond acceptors (Lipinski definition) is 7. The van der Waals surface area contributed by atoms with Crippen LogP contribution >= 0.6 is 22.9 Å². The van der Waals surface area contributed by atoms with Crippen LogP contribution in [0.5, 0.6) is 0 Å². The van der Waals surface area contributed by atoms with E-state index in [1.165, 1.54) is 18.4 Å². The average Bonchev–Trinajstić information content (AvgIpc) is 3.49. The molecule has 0 aliphatic carbocycles. The molecule has 3 aromatic rings. The molecule has 0 spiro atoms. The van der Waals surface area contributed by atoms with Crippen LogP contribution in [0.25, 0.3) is 10.9 Å². The predicted molar refractivity (Wildman–Crippen MR) is 141 cm³/mol. The Labute approximate surface area is 223 Å². The van der Waals surface area contributed by atoms with E-state index in [-0.39, 0.29) is 36.9 Å². The van der Waals surface area contributed by atoms with Crippen LogP contribution in [0.2, 0.25) is 5.02 Å². The van der Waals surface area contributed by atoms with Crippen molar-refractivity contribution < 1.29 is 19.1 Å². The van der Waals surface area contributed by atoms with E-state index in [9.17, 15) is 14.4 Å². The monoisotopic (exact) mass is 544 g/mol. The summed E-state index contributed by atoms with van der Waals surface area (Å²) >= 11 is 7.48. The van der Waals surface area contributed by atoms with Gasteiger partial charge in [-0.1, -0.05) is 11.6 Å². The Morgan fingerprint density at radius 3 is 2.81 bits per heavy atom. The molecule has 2 aliphatic rings. The number of ether oxygens (including phenoxy) is 1. The summed E-state index contributed by atoms with van der Waals surface area (Å²) in [6.07, 6.45) is 1.30. The van der Waals surface area contributed by atoms with Gasteiger partial charge in [0.1, 0.15) is 12.3 Å². The van der Waals surface area contributed by atoms with Crippen molar-refractivity contribution >= 4 is 51.6 Å². The number of thiazole rings is 1. The smallest absolute Gasteiger partial charge is 0.280 e. The van der Waals surface area contributed by atoms with E-state index in [1.54, 1.807) is 23.1 Å². The summed E-state index contributed by atoms with van der Waals surface area (Å²) in [6, 6.07) is 6.25. The Balaban J connectivity index is 1.33. The molecular formula is C25H29ClN6O4S. The highest BCUT2D eigenvalue weighted by molar-refractivity contribution is 7.13. The Bertz CT molecular complexity index is 1340. The largest absolute Gasteiger partial charge is 0.375 e. The minimum absolute atomic E-state index is 0.0396. The highest BCUT2D eigenvalue weighted by Gasteiger charge is 2.35. The first-order chi connectivity index (χ1) is 17.8. The molecule has 2 aromatic heterocycles. The highest BCUT2D eigenvalue weighted by Crippen LogP contribution is 2.25.